The van der Waals surface area contributed by atoms with E-state index in [1.165, 1.54) is 11.0 Å². The lowest BCUT2D eigenvalue weighted by atomic mass is 9.95. The number of rotatable bonds is 7. The number of carbonyl (C=O) groups is 1. The summed E-state index contributed by atoms with van der Waals surface area (Å²) in [7, 11) is 0. The Balaban J connectivity index is 1.37. The van der Waals surface area contributed by atoms with E-state index in [0.717, 1.165) is 68.3 Å². The van der Waals surface area contributed by atoms with Crippen molar-refractivity contribution in [3.05, 3.63) is 48.1 Å². The third-order valence-corrected chi connectivity index (χ3v) is 9.88. The average molecular weight is 646 g/mol. The number of benzene rings is 2. The molecule has 0 aliphatic carbocycles. The molecule has 0 unspecified atom stereocenters. The van der Waals surface area contributed by atoms with Gasteiger partial charge in [-0.05, 0) is 63.0 Å². The van der Waals surface area contributed by atoms with Gasteiger partial charge in [0.1, 0.15) is 23.8 Å². The van der Waals surface area contributed by atoms with Crippen molar-refractivity contribution in [2.45, 2.75) is 43.4 Å². The van der Waals surface area contributed by atoms with Crippen LogP contribution < -0.4 is 15.8 Å². The van der Waals surface area contributed by atoms with Gasteiger partial charge < -0.3 is 20.7 Å². The molecule has 1 amide bonds. The molecular weight excluding hydrogens is 617 g/mol. The molecule has 15 heteroatoms. The first kappa shape index (κ1) is 29.6. The van der Waals surface area contributed by atoms with Gasteiger partial charge in [-0.25, -0.2) is 13.8 Å². The maximum absolute atomic E-state index is 16.6. The number of hydrogen-bond donors (Lipinski definition) is 2. The van der Waals surface area contributed by atoms with E-state index in [-0.39, 0.29) is 75.3 Å². The number of carbonyl (C=O) groups excluding carboxylic acids is 1. The lowest BCUT2D eigenvalue weighted by Gasteiger charge is -2.39. The summed E-state index contributed by atoms with van der Waals surface area (Å²) < 4.78 is 81.2. The van der Waals surface area contributed by atoms with Crippen LogP contribution in [0.4, 0.5) is 32.9 Å². The number of halogens is 5. The summed E-state index contributed by atoms with van der Waals surface area (Å²) in [5.74, 6) is -2.37. The van der Waals surface area contributed by atoms with E-state index in [1.54, 1.807) is 0 Å². The predicted octanol–water partition coefficient (Wildman–Crippen LogP) is 5.60. The molecule has 3 aliphatic heterocycles. The fourth-order valence-corrected chi connectivity index (χ4v) is 7.56. The molecule has 7 rings (SSSR count). The third-order valence-electron chi connectivity index (χ3n) is 8.99. The van der Waals surface area contributed by atoms with Gasteiger partial charge in [0.25, 0.3) is 0 Å². The number of hydrogen-bond acceptors (Lipinski definition) is 9. The minimum Gasteiger partial charge on any atom is -0.461 e. The van der Waals surface area contributed by atoms with Crippen molar-refractivity contribution >= 4 is 49.3 Å². The smallest absolute Gasteiger partial charge is 0.417 e. The molecule has 2 aromatic heterocycles. The van der Waals surface area contributed by atoms with Crippen LogP contribution in [0.15, 0.2) is 30.9 Å². The van der Waals surface area contributed by atoms with E-state index in [1.807, 2.05) is 0 Å². The lowest BCUT2D eigenvalue weighted by molar-refractivity contribution is -0.137. The molecular formula is C30H28F5N7O2S. The molecule has 3 saturated heterocycles. The second-order valence-electron chi connectivity index (χ2n) is 11.7. The lowest BCUT2D eigenvalue weighted by Crippen LogP contribution is -2.56. The van der Waals surface area contributed by atoms with Crippen LogP contribution >= 0.6 is 11.3 Å². The fourth-order valence-electron chi connectivity index (χ4n) is 6.79. The number of ether oxygens (including phenoxy) is 1. The monoisotopic (exact) mass is 645 g/mol. The predicted molar refractivity (Wildman–Crippen MR) is 160 cm³/mol. The van der Waals surface area contributed by atoms with Crippen molar-refractivity contribution in [2.75, 3.05) is 43.8 Å². The topological polar surface area (TPSA) is 110 Å². The van der Waals surface area contributed by atoms with Gasteiger partial charge in [0.05, 0.1) is 27.4 Å². The number of nitrogens with one attached hydrogen (secondary N) is 1. The summed E-state index contributed by atoms with van der Waals surface area (Å²) in [5, 5.41) is 2.77. The molecule has 236 valence electrons. The summed E-state index contributed by atoms with van der Waals surface area (Å²) in [6.45, 7) is 6.10. The first-order valence-corrected chi connectivity index (χ1v) is 15.3. The number of thiazole rings is 1. The van der Waals surface area contributed by atoms with Crippen LogP contribution in [-0.4, -0.2) is 75.0 Å². The molecule has 3 aliphatic rings. The van der Waals surface area contributed by atoms with E-state index in [4.69, 9.17) is 10.5 Å². The average Bonchev–Trinajstić information content (AvgIpc) is 3.68. The van der Waals surface area contributed by atoms with E-state index in [2.05, 4.69) is 31.7 Å². The van der Waals surface area contributed by atoms with E-state index in [0.29, 0.717) is 0 Å². The Morgan fingerprint density at radius 1 is 1.16 bits per heavy atom. The minimum atomic E-state index is -5.02. The molecule has 3 fully saturated rings. The summed E-state index contributed by atoms with van der Waals surface area (Å²) in [6, 6.07) is 2.24. The second kappa shape index (κ2) is 10.8. The van der Waals surface area contributed by atoms with Crippen molar-refractivity contribution in [3.8, 4) is 17.1 Å². The number of nitrogens with zero attached hydrogens (tertiary/aromatic N) is 5. The van der Waals surface area contributed by atoms with Gasteiger partial charge in [0.2, 0.25) is 5.91 Å². The molecule has 0 radical (unpaired) electrons. The van der Waals surface area contributed by atoms with Gasteiger partial charge >= 0.3 is 12.2 Å². The molecule has 0 saturated carbocycles. The summed E-state index contributed by atoms with van der Waals surface area (Å²) >= 11 is 0.755. The molecule has 45 heavy (non-hydrogen) atoms. The normalized spacial score (nSPS) is 18.4. The first-order chi connectivity index (χ1) is 21.5. The van der Waals surface area contributed by atoms with Gasteiger partial charge in [-0.1, -0.05) is 17.9 Å². The zero-order valence-corrected chi connectivity index (χ0v) is 24.7. The Morgan fingerprint density at radius 3 is 2.58 bits per heavy atom. The molecule has 0 spiro atoms. The van der Waals surface area contributed by atoms with Crippen LogP contribution in [0.2, 0.25) is 0 Å². The highest BCUT2D eigenvalue weighted by molar-refractivity contribution is 7.22. The summed E-state index contributed by atoms with van der Waals surface area (Å²) in [4.78, 5) is 28.6. The molecule has 3 N–H and O–H groups in total. The Kier molecular flexibility index (Phi) is 7.07. The van der Waals surface area contributed by atoms with Crippen molar-refractivity contribution in [2.24, 2.45) is 0 Å². The van der Waals surface area contributed by atoms with Crippen molar-refractivity contribution in [3.63, 3.8) is 0 Å². The van der Waals surface area contributed by atoms with Crippen molar-refractivity contribution < 1.29 is 31.5 Å². The first-order valence-electron chi connectivity index (χ1n) is 14.5. The number of fused-ring (bicyclic) bond motifs is 3. The van der Waals surface area contributed by atoms with Gasteiger partial charge in [0.15, 0.2) is 10.9 Å². The molecule has 2 aromatic carbocycles. The number of aromatic nitrogens is 3. The quantitative estimate of drug-likeness (QED) is 0.198. The Morgan fingerprint density at radius 2 is 1.89 bits per heavy atom. The van der Waals surface area contributed by atoms with Crippen molar-refractivity contribution in [1.29, 1.82) is 0 Å². The Hall–Kier alpha value is -4.11. The Bertz CT molecular complexity index is 1850. The van der Waals surface area contributed by atoms with Gasteiger partial charge in [-0.2, -0.15) is 23.1 Å². The molecule has 4 aromatic rings. The zero-order valence-electron chi connectivity index (χ0n) is 23.9. The third kappa shape index (κ3) is 5.01. The van der Waals surface area contributed by atoms with E-state index in [9.17, 15) is 22.4 Å². The fraction of sp³-hybridized carbons (Fsp3) is 0.400. The maximum Gasteiger partial charge on any atom is 0.417 e. The highest BCUT2D eigenvalue weighted by Crippen LogP contribution is 2.46. The Labute approximate surface area is 257 Å². The molecule has 0 atom stereocenters. The highest BCUT2D eigenvalue weighted by atomic mass is 32.1. The molecule has 9 nitrogen and oxygen atoms in total. The van der Waals surface area contributed by atoms with Crippen LogP contribution in [0.1, 0.15) is 31.2 Å². The highest BCUT2D eigenvalue weighted by Gasteiger charge is 2.45. The van der Waals surface area contributed by atoms with Gasteiger partial charge in [-0.15, -0.1) is 0 Å². The number of nitrogen functional groups attached to an aromatic ring is 1. The second-order valence-corrected chi connectivity index (χ2v) is 12.7. The summed E-state index contributed by atoms with van der Waals surface area (Å²) in [5.41, 5.74) is 2.57. The van der Waals surface area contributed by atoms with Gasteiger partial charge in [0, 0.05) is 29.6 Å². The van der Waals surface area contributed by atoms with Crippen LogP contribution in [0.5, 0.6) is 6.01 Å². The largest absolute Gasteiger partial charge is 0.461 e. The number of nitrogens with two attached hydrogens (primary N) is 1. The van der Waals surface area contributed by atoms with Crippen LogP contribution in [0, 0.1) is 11.6 Å². The molecule has 5 heterocycles. The van der Waals surface area contributed by atoms with Gasteiger partial charge in [-0.3, -0.25) is 9.69 Å². The van der Waals surface area contributed by atoms with Crippen LogP contribution in [0.25, 0.3) is 32.2 Å². The maximum atomic E-state index is 16.6. The zero-order chi connectivity index (χ0) is 31.7. The van der Waals surface area contributed by atoms with Crippen LogP contribution in [-0.2, 0) is 11.0 Å². The summed E-state index contributed by atoms with van der Waals surface area (Å²) in [6.07, 6.45) is 0.0310. The number of likely N-dealkylation sites (tertiary alicyclic amines) is 1. The molecule has 0 bridgehead atoms. The number of amides is 1. The number of anilines is 2. The van der Waals surface area contributed by atoms with E-state index >= 15 is 4.39 Å². The van der Waals surface area contributed by atoms with Crippen molar-refractivity contribution in [1.82, 2.24) is 24.8 Å². The number of alkyl halides is 3. The minimum absolute atomic E-state index is 0.0593. The van der Waals surface area contributed by atoms with Crippen LogP contribution in [0.3, 0.4) is 0 Å². The van der Waals surface area contributed by atoms with E-state index < -0.39 is 34.5 Å². The standard InChI is InChI=1S/C30H28F5N7O2S/c1-2-20(43)41-12-15(13-41)37-26-17-11-18(30(33,34)35)21(16-5-6-19(31)25-24(16)38-27(36)45-25)22(32)23(17)39-28(40-26)44-14-29-7-3-9-42(29)10-4-8-29/h2,5-6,11,15H,1,3-4,7-10,12-14H2,(H2,36,38)(H,37,39,40). The SMILES string of the molecule is C=CC(=O)N1CC(Nc2nc(OCC34CCCN3CCC4)nc3c(F)c(-c4ccc(F)c5sc(N)nc45)c(C(F)(F)F)cc23)C1.